The number of carbonyl (C=O) groups is 2. The minimum absolute atomic E-state index is 0.268. The van der Waals surface area contributed by atoms with Crippen molar-refractivity contribution < 1.29 is 9.59 Å². The number of carbonyl (C=O) groups excluding carboxylic acids is 2. The van der Waals surface area contributed by atoms with Crippen LogP contribution in [-0.2, 0) is 0 Å². The average Bonchev–Trinajstić information content (AvgIpc) is 2.62. The Bertz CT molecular complexity index is 891. The standard InChI is InChI=1S/C20H14ClNO2/c21-19(23)17-12-6-7-13-18(17)22-20(24)16-11-5-4-10-15(16)14-8-2-1-3-9-14/h1-13H,(H,22,24). The monoisotopic (exact) mass is 335 g/mol. The zero-order valence-electron chi connectivity index (χ0n) is 12.7. The van der Waals surface area contributed by atoms with Gasteiger partial charge < -0.3 is 5.32 Å². The molecule has 0 atom stereocenters. The summed E-state index contributed by atoms with van der Waals surface area (Å²) in [6.45, 7) is 0. The first-order valence-corrected chi connectivity index (χ1v) is 7.79. The molecule has 3 rings (SSSR count). The highest BCUT2D eigenvalue weighted by atomic mass is 35.5. The SMILES string of the molecule is O=C(Cl)c1ccccc1NC(=O)c1ccccc1-c1ccccc1. The Morgan fingerprint density at radius 2 is 1.29 bits per heavy atom. The maximum atomic E-state index is 12.7. The molecule has 24 heavy (non-hydrogen) atoms. The molecule has 0 aliphatic carbocycles. The van der Waals surface area contributed by atoms with Gasteiger partial charge in [0, 0.05) is 5.56 Å². The molecule has 3 nitrogen and oxygen atoms in total. The molecule has 0 aliphatic rings. The molecule has 4 heteroatoms. The van der Waals surface area contributed by atoms with Crippen molar-refractivity contribution in [1.29, 1.82) is 0 Å². The first-order valence-electron chi connectivity index (χ1n) is 7.41. The molecule has 0 aliphatic heterocycles. The van der Waals surface area contributed by atoms with Gasteiger partial charge in [-0.3, -0.25) is 9.59 Å². The van der Waals surface area contributed by atoms with E-state index in [9.17, 15) is 9.59 Å². The summed E-state index contributed by atoms with van der Waals surface area (Å²) in [5.74, 6) is -0.292. The van der Waals surface area contributed by atoms with Crippen LogP contribution in [0.15, 0.2) is 78.9 Å². The Kier molecular flexibility index (Phi) is 4.73. The quantitative estimate of drug-likeness (QED) is 0.683. The van der Waals surface area contributed by atoms with Gasteiger partial charge >= 0.3 is 0 Å². The molecule has 0 heterocycles. The van der Waals surface area contributed by atoms with Gasteiger partial charge in [-0.15, -0.1) is 0 Å². The Morgan fingerprint density at radius 3 is 2.00 bits per heavy atom. The van der Waals surface area contributed by atoms with E-state index in [1.54, 1.807) is 36.4 Å². The lowest BCUT2D eigenvalue weighted by molar-refractivity contribution is 0.102. The first-order chi connectivity index (χ1) is 11.7. The van der Waals surface area contributed by atoms with Crippen LogP contribution in [0.25, 0.3) is 11.1 Å². The zero-order chi connectivity index (χ0) is 16.9. The molecule has 1 N–H and O–H groups in total. The maximum Gasteiger partial charge on any atom is 0.256 e. The predicted octanol–water partition coefficient (Wildman–Crippen LogP) is 4.98. The number of rotatable bonds is 4. The van der Waals surface area contributed by atoms with Crippen LogP contribution in [0.4, 0.5) is 5.69 Å². The molecule has 3 aromatic rings. The highest BCUT2D eigenvalue weighted by Crippen LogP contribution is 2.25. The highest BCUT2D eigenvalue weighted by Gasteiger charge is 2.15. The summed E-state index contributed by atoms with van der Waals surface area (Å²) in [5.41, 5.74) is 2.96. The zero-order valence-corrected chi connectivity index (χ0v) is 13.5. The van der Waals surface area contributed by atoms with Crippen molar-refractivity contribution in [2.45, 2.75) is 0 Å². The van der Waals surface area contributed by atoms with Gasteiger partial charge in [-0.1, -0.05) is 60.7 Å². The molecular formula is C20H14ClNO2. The molecule has 118 valence electrons. The molecule has 0 saturated carbocycles. The topological polar surface area (TPSA) is 46.2 Å². The van der Waals surface area contributed by atoms with Crippen molar-refractivity contribution in [1.82, 2.24) is 0 Å². The number of benzene rings is 3. The Balaban J connectivity index is 1.97. The number of hydrogen-bond acceptors (Lipinski definition) is 2. The van der Waals surface area contributed by atoms with Gasteiger partial charge in [-0.05, 0) is 40.9 Å². The fraction of sp³-hybridized carbons (Fsp3) is 0. The van der Waals surface area contributed by atoms with Gasteiger partial charge in [0.1, 0.15) is 0 Å². The van der Waals surface area contributed by atoms with Crippen LogP contribution >= 0.6 is 11.6 Å². The van der Waals surface area contributed by atoms with Crippen molar-refractivity contribution in [3.63, 3.8) is 0 Å². The van der Waals surface area contributed by atoms with Crippen LogP contribution in [0, 0.1) is 0 Å². The lowest BCUT2D eigenvalue weighted by Crippen LogP contribution is -2.15. The normalized spacial score (nSPS) is 10.2. The summed E-state index contributed by atoms with van der Waals surface area (Å²) < 4.78 is 0. The highest BCUT2D eigenvalue weighted by molar-refractivity contribution is 6.68. The molecule has 0 fully saturated rings. The smallest absolute Gasteiger partial charge is 0.256 e. The van der Waals surface area contributed by atoms with Gasteiger partial charge in [0.15, 0.2) is 0 Å². The van der Waals surface area contributed by atoms with E-state index in [-0.39, 0.29) is 11.5 Å². The minimum Gasteiger partial charge on any atom is -0.321 e. The number of hydrogen-bond donors (Lipinski definition) is 1. The Labute approximate surface area is 144 Å². The molecule has 0 aromatic heterocycles. The van der Waals surface area contributed by atoms with E-state index in [1.165, 1.54) is 0 Å². The molecule has 0 bridgehead atoms. The number of anilines is 1. The molecule has 0 unspecified atom stereocenters. The second-order valence-corrected chi connectivity index (χ2v) is 5.53. The third-order valence-corrected chi connectivity index (χ3v) is 3.85. The molecular weight excluding hydrogens is 322 g/mol. The second kappa shape index (κ2) is 7.11. The fourth-order valence-electron chi connectivity index (χ4n) is 2.50. The second-order valence-electron chi connectivity index (χ2n) is 5.19. The predicted molar refractivity (Wildman–Crippen MR) is 96.5 cm³/mol. The van der Waals surface area contributed by atoms with Gasteiger partial charge in [-0.2, -0.15) is 0 Å². The summed E-state index contributed by atoms with van der Waals surface area (Å²) in [7, 11) is 0. The largest absolute Gasteiger partial charge is 0.321 e. The van der Waals surface area contributed by atoms with Crippen LogP contribution in [0.5, 0.6) is 0 Å². The third kappa shape index (κ3) is 3.36. The number of amides is 1. The van der Waals surface area contributed by atoms with E-state index < -0.39 is 5.24 Å². The van der Waals surface area contributed by atoms with Gasteiger partial charge in [0.2, 0.25) is 0 Å². The molecule has 0 spiro atoms. The number of para-hydroxylation sites is 1. The fourth-order valence-corrected chi connectivity index (χ4v) is 2.67. The van der Waals surface area contributed by atoms with Gasteiger partial charge in [0.05, 0.1) is 11.3 Å². The third-order valence-electron chi connectivity index (χ3n) is 3.64. The van der Waals surface area contributed by atoms with Crippen LogP contribution in [0.1, 0.15) is 20.7 Å². The van der Waals surface area contributed by atoms with E-state index in [1.807, 2.05) is 42.5 Å². The first kappa shape index (κ1) is 16.0. The van der Waals surface area contributed by atoms with Crippen LogP contribution in [0.2, 0.25) is 0 Å². The number of nitrogens with one attached hydrogen (secondary N) is 1. The van der Waals surface area contributed by atoms with Crippen LogP contribution in [0.3, 0.4) is 0 Å². The van der Waals surface area contributed by atoms with E-state index in [0.717, 1.165) is 11.1 Å². The van der Waals surface area contributed by atoms with Crippen LogP contribution < -0.4 is 5.32 Å². The summed E-state index contributed by atoms with van der Waals surface area (Å²) >= 11 is 5.57. The summed E-state index contributed by atoms with van der Waals surface area (Å²) in [6, 6.07) is 23.7. The lowest BCUT2D eigenvalue weighted by Gasteiger charge is -2.12. The van der Waals surface area contributed by atoms with Gasteiger partial charge in [-0.25, -0.2) is 0 Å². The van der Waals surface area contributed by atoms with E-state index in [2.05, 4.69) is 5.32 Å². The van der Waals surface area contributed by atoms with Crippen molar-refractivity contribution in [3.05, 3.63) is 90.0 Å². The van der Waals surface area contributed by atoms with Crippen molar-refractivity contribution >= 4 is 28.4 Å². The summed E-state index contributed by atoms with van der Waals surface area (Å²) in [5, 5.41) is 2.17. The average molecular weight is 336 g/mol. The number of halogens is 1. The molecule has 0 radical (unpaired) electrons. The Hall–Kier alpha value is -2.91. The molecule has 0 saturated heterocycles. The Morgan fingerprint density at radius 1 is 0.708 bits per heavy atom. The molecule has 3 aromatic carbocycles. The van der Waals surface area contributed by atoms with Crippen molar-refractivity contribution in [2.75, 3.05) is 5.32 Å². The summed E-state index contributed by atoms with van der Waals surface area (Å²) in [6.07, 6.45) is 0. The van der Waals surface area contributed by atoms with E-state index >= 15 is 0 Å². The minimum atomic E-state index is -0.609. The van der Waals surface area contributed by atoms with E-state index in [0.29, 0.717) is 11.3 Å². The van der Waals surface area contributed by atoms with Crippen molar-refractivity contribution in [2.24, 2.45) is 0 Å². The van der Waals surface area contributed by atoms with Crippen LogP contribution in [-0.4, -0.2) is 11.1 Å². The van der Waals surface area contributed by atoms with Gasteiger partial charge in [0.25, 0.3) is 11.1 Å². The van der Waals surface area contributed by atoms with E-state index in [4.69, 9.17) is 11.6 Å². The van der Waals surface area contributed by atoms with Crippen molar-refractivity contribution in [3.8, 4) is 11.1 Å². The summed E-state index contributed by atoms with van der Waals surface area (Å²) in [4.78, 5) is 24.2. The lowest BCUT2D eigenvalue weighted by atomic mass is 9.99. The molecule has 1 amide bonds. The maximum absolute atomic E-state index is 12.7.